The fourth-order valence-electron chi connectivity index (χ4n) is 2.78. The lowest BCUT2D eigenvalue weighted by atomic mass is 10.0. The van der Waals surface area contributed by atoms with Gasteiger partial charge in [-0.15, -0.1) is 0 Å². The zero-order chi connectivity index (χ0) is 14.2. The number of para-hydroxylation sites is 1. The Labute approximate surface area is 120 Å². The molecule has 0 saturated carbocycles. The molecule has 1 atom stereocenters. The van der Waals surface area contributed by atoms with Gasteiger partial charge in [0.2, 0.25) is 0 Å². The summed E-state index contributed by atoms with van der Waals surface area (Å²) in [5.41, 5.74) is 4.18. The summed E-state index contributed by atoms with van der Waals surface area (Å²) in [6, 6.07) is 8.48. The summed E-state index contributed by atoms with van der Waals surface area (Å²) in [5, 5.41) is 1.34. The Hall–Kier alpha value is -1.54. The molecule has 0 radical (unpaired) electrons. The van der Waals surface area contributed by atoms with Gasteiger partial charge in [-0.1, -0.05) is 29.8 Å². The summed E-state index contributed by atoms with van der Waals surface area (Å²) >= 11 is 0. The second-order valence-corrected chi connectivity index (χ2v) is 6.36. The maximum Gasteiger partial charge on any atom is 0.0892 e. The van der Waals surface area contributed by atoms with Crippen molar-refractivity contribution in [2.24, 2.45) is 0 Å². The molecule has 1 aliphatic rings. The predicted molar refractivity (Wildman–Crippen MR) is 83.9 cm³/mol. The molecule has 1 N–H and O–H groups in total. The van der Waals surface area contributed by atoms with Crippen molar-refractivity contribution < 1.29 is 4.74 Å². The Morgan fingerprint density at radius 3 is 2.85 bits per heavy atom. The third kappa shape index (κ3) is 2.80. The van der Waals surface area contributed by atoms with Gasteiger partial charge in [-0.3, -0.25) is 0 Å². The van der Waals surface area contributed by atoms with E-state index >= 15 is 0 Å². The number of hydrogen-bond donors (Lipinski definition) is 1. The van der Waals surface area contributed by atoms with Crippen LogP contribution < -0.4 is 0 Å². The van der Waals surface area contributed by atoms with Crippen LogP contribution >= 0.6 is 0 Å². The lowest BCUT2D eigenvalue weighted by Gasteiger charge is -2.01. The van der Waals surface area contributed by atoms with Crippen molar-refractivity contribution in [1.29, 1.82) is 0 Å². The summed E-state index contributed by atoms with van der Waals surface area (Å²) in [6.07, 6.45) is 8.22. The topological polar surface area (TPSA) is 28.3 Å². The number of allylic oxidation sites excluding steroid dienone is 2. The first-order valence-corrected chi connectivity index (χ1v) is 7.45. The van der Waals surface area contributed by atoms with Crippen LogP contribution in [0.1, 0.15) is 39.2 Å². The zero-order valence-corrected chi connectivity index (χ0v) is 12.6. The van der Waals surface area contributed by atoms with Crippen LogP contribution in [0.25, 0.3) is 10.9 Å². The summed E-state index contributed by atoms with van der Waals surface area (Å²) in [7, 11) is 0. The van der Waals surface area contributed by atoms with Crippen LogP contribution in [0.15, 0.2) is 42.1 Å². The highest BCUT2D eigenvalue weighted by molar-refractivity contribution is 5.83. The largest absolute Gasteiger partial charge is 0.367 e. The SMILES string of the molecule is C/C(=C\Cc1c[nH]c2ccccc12)CC[C@@H]1OC1(C)C. The number of fused-ring (bicyclic) bond motifs is 1. The van der Waals surface area contributed by atoms with E-state index in [0.717, 1.165) is 19.3 Å². The molecule has 1 aromatic carbocycles. The van der Waals surface area contributed by atoms with Crippen molar-refractivity contribution in [2.75, 3.05) is 0 Å². The van der Waals surface area contributed by atoms with E-state index in [1.165, 1.54) is 22.0 Å². The van der Waals surface area contributed by atoms with E-state index in [4.69, 9.17) is 4.74 Å². The van der Waals surface area contributed by atoms with Crippen LogP contribution in [-0.2, 0) is 11.2 Å². The van der Waals surface area contributed by atoms with E-state index in [9.17, 15) is 0 Å². The van der Waals surface area contributed by atoms with E-state index in [1.54, 1.807) is 0 Å². The highest BCUT2D eigenvalue weighted by Crippen LogP contribution is 2.38. The van der Waals surface area contributed by atoms with Gasteiger partial charge in [0.05, 0.1) is 11.7 Å². The number of rotatable bonds is 5. The van der Waals surface area contributed by atoms with Gasteiger partial charge in [-0.2, -0.15) is 0 Å². The van der Waals surface area contributed by atoms with E-state index in [0.29, 0.717) is 6.10 Å². The first kappa shape index (κ1) is 13.4. The average molecular weight is 269 g/mol. The number of benzene rings is 1. The number of aromatic nitrogens is 1. The molecule has 1 fully saturated rings. The molecule has 2 aromatic rings. The number of hydrogen-bond acceptors (Lipinski definition) is 1. The third-order valence-electron chi connectivity index (χ3n) is 4.31. The van der Waals surface area contributed by atoms with Crippen molar-refractivity contribution >= 4 is 10.9 Å². The first-order chi connectivity index (χ1) is 9.56. The van der Waals surface area contributed by atoms with Crippen LogP contribution in [0.4, 0.5) is 0 Å². The minimum atomic E-state index is 0.122. The van der Waals surface area contributed by atoms with Crippen molar-refractivity contribution in [3.63, 3.8) is 0 Å². The van der Waals surface area contributed by atoms with Gasteiger partial charge in [0, 0.05) is 17.1 Å². The van der Waals surface area contributed by atoms with Crippen LogP contribution in [0, 0.1) is 0 Å². The van der Waals surface area contributed by atoms with Crippen molar-refractivity contribution in [3.05, 3.63) is 47.7 Å². The monoisotopic (exact) mass is 269 g/mol. The van der Waals surface area contributed by atoms with E-state index < -0.39 is 0 Å². The number of ether oxygens (including phenoxy) is 1. The molecule has 2 heteroatoms. The molecule has 2 heterocycles. The molecular weight excluding hydrogens is 246 g/mol. The fraction of sp³-hybridized carbons (Fsp3) is 0.444. The minimum Gasteiger partial charge on any atom is -0.367 e. The van der Waals surface area contributed by atoms with Crippen molar-refractivity contribution in [3.8, 4) is 0 Å². The number of epoxide rings is 1. The Morgan fingerprint density at radius 1 is 1.35 bits per heavy atom. The van der Waals surface area contributed by atoms with Gasteiger partial charge < -0.3 is 9.72 Å². The number of H-pyrrole nitrogens is 1. The molecule has 0 bridgehead atoms. The van der Waals surface area contributed by atoms with Crippen molar-refractivity contribution in [1.82, 2.24) is 4.98 Å². The van der Waals surface area contributed by atoms with Gasteiger partial charge in [-0.25, -0.2) is 0 Å². The van der Waals surface area contributed by atoms with Gasteiger partial charge in [0.1, 0.15) is 0 Å². The number of aromatic amines is 1. The Morgan fingerprint density at radius 2 is 2.10 bits per heavy atom. The van der Waals surface area contributed by atoms with Gasteiger partial charge >= 0.3 is 0 Å². The van der Waals surface area contributed by atoms with Crippen LogP contribution in [0.5, 0.6) is 0 Å². The Balaban J connectivity index is 1.59. The molecule has 1 aliphatic heterocycles. The second kappa shape index (κ2) is 5.10. The minimum absolute atomic E-state index is 0.122. The fourth-order valence-corrected chi connectivity index (χ4v) is 2.78. The standard InChI is InChI=1S/C18H23NO/c1-13(9-11-17-18(2,3)20-17)8-10-14-12-19-16-7-5-4-6-15(14)16/h4-8,12,17,19H,9-11H2,1-3H3/b13-8+/t17-/m0/s1. The molecule has 2 nitrogen and oxygen atoms in total. The Kier molecular flexibility index (Phi) is 3.43. The predicted octanol–water partition coefficient (Wildman–Crippen LogP) is 4.61. The summed E-state index contributed by atoms with van der Waals surface area (Å²) < 4.78 is 5.63. The molecule has 20 heavy (non-hydrogen) atoms. The first-order valence-electron chi connectivity index (χ1n) is 7.45. The van der Waals surface area contributed by atoms with E-state index in [-0.39, 0.29) is 5.60 Å². The average Bonchev–Trinajstić information content (AvgIpc) is 2.85. The van der Waals surface area contributed by atoms with E-state index in [2.05, 4.69) is 62.3 Å². The molecule has 1 aromatic heterocycles. The van der Waals surface area contributed by atoms with Crippen LogP contribution in [-0.4, -0.2) is 16.7 Å². The van der Waals surface area contributed by atoms with Gasteiger partial charge in [-0.05, 0) is 51.7 Å². The quantitative estimate of drug-likeness (QED) is 0.623. The molecule has 3 rings (SSSR count). The highest BCUT2D eigenvalue weighted by Gasteiger charge is 2.46. The van der Waals surface area contributed by atoms with E-state index in [1.807, 2.05) is 0 Å². The van der Waals surface area contributed by atoms with Crippen LogP contribution in [0.3, 0.4) is 0 Å². The molecule has 106 valence electrons. The normalized spacial score (nSPS) is 21.4. The third-order valence-corrected chi connectivity index (χ3v) is 4.31. The van der Waals surface area contributed by atoms with Gasteiger partial charge in [0.15, 0.2) is 0 Å². The lowest BCUT2D eigenvalue weighted by Crippen LogP contribution is -2.02. The van der Waals surface area contributed by atoms with Gasteiger partial charge in [0.25, 0.3) is 0 Å². The zero-order valence-electron chi connectivity index (χ0n) is 12.6. The summed E-state index contributed by atoms with van der Waals surface area (Å²) in [4.78, 5) is 3.33. The van der Waals surface area contributed by atoms with Crippen LogP contribution in [0.2, 0.25) is 0 Å². The molecule has 0 spiro atoms. The molecule has 1 saturated heterocycles. The molecule has 0 aliphatic carbocycles. The maximum atomic E-state index is 5.63. The molecule has 0 unspecified atom stereocenters. The Bertz CT molecular complexity index is 636. The van der Waals surface area contributed by atoms with Crippen molar-refractivity contribution in [2.45, 2.75) is 51.7 Å². The summed E-state index contributed by atoms with van der Waals surface area (Å²) in [6.45, 7) is 6.57. The number of nitrogens with one attached hydrogen (secondary N) is 1. The maximum absolute atomic E-state index is 5.63. The second-order valence-electron chi connectivity index (χ2n) is 6.36. The smallest absolute Gasteiger partial charge is 0.0892 e. The highest BCUT2D eigenvalue weighted by atomic mass is 16.6. The summed E-state index contributed by atoms with van der Waals surface area (Å²) in [5.74, 6) is 0. The lowest BCUT2D eigenvalue weighted by molar-refractivity contribution is 0.320. The molecular formula is C18H23NO. The molecule has 0 amide bonds.